The Hall–Kier alpha value is -1.48. The molecule has 7 nitrogen and oxygen atoms in total. The summed E-state index contributed by atoms with van der Waals surface area (Å²) in [5.41, 5.74) is 0.791. The van der Waals surface area contributed by atoms with Crippen LogP contribution in [0.3, 0.4) is 0 Å². The maximum absolute atomic E-state index is 12.0. The summed E-state index contributed by atoms with van der Waals surface area (Å²) in [6.07, 6.45) is -0.495. The number of hydrogen-bond acceptors (Lipinski definition) is 5. The summed E-state index contributed by atoms with van der Waals surface area (Å²) in [4.78, 5) is 12.1. The third-order valence-corrected chi connectivity index (χ3v) is 4.22. The molecule has 1 fully saturated rings. The second-order valence-corrected chi connectivity index (χ2v) is 6.47. The highest BCUT2D eigenvalue weighted by Gasteiger charge is 2.23. The van der Waals surface area contributed by atoms with Gasteiger partial charge in [-0.2, -0.15) is 0 Å². The fourth-order valence-electron chi connectivity index (χ4n) is 2.07. The number of nitrogens with one attached hydrogen (secondary N) is 2. The summed E-state index contributed by atoms with van der Waals surface area (Å²) < 4.78 is 27.7. The van der Waals surface area contributed by atoms with Crippen LogP contribution in [0.25, 0.3) is 0 Å². The van der Waals surface area contributed by atoms with Crippen LogP contribution < -0.4 is 15.8 Å². The molecular weight excluding hydrogens is 294 g/mol. The third-order valence-electron chi connectivity index (χ3n) is 3.29. The van der Waals surface area contributed by atoms with Gasteiger partial charge < -0.3 is 15.4 Å². The minimum Gasteiger partial charge on any atom is -0.366 e. The average molecular weight is 313 g/mol. The zero-order chi connectivity index (χ0) is 15.5. The lowest BCUT2D eigenvalue weighted by molar-refractivity contribution is -0.134. The van der Waals surface area contributed by atoms with Crippen molar-refractivity contribution in [3.8, 4) is 0 Å². The minimum atomic E-state index is -3.70. The van der Waals surface area contributed by atoms with Gasteiger partial charge in [-0.1, -0.05) is 12.1 Å². The predicted molar refractivity (Wildman–Crippen MR) is 77.0 cm³/mol. The lowest BCUT2D eigenvalue weighted by atomic mass is 10.1. The Labute approximate surface area is 123 Å². The zero-order valence-corrected chi connectivity index (χ0v) is 12.5. The van der Waals surface area contributed by atoms with E-state index in [0.717, 1.165) is 12.1 Å². The average Bonchev–Trinajstić information content (AvgIpc) is 2.47. The van der Waals surface area contributed by atoms with Crippen LogP contribution in [0.5, 0.6) is 0 Å². The first kappa shape index (κ1) is 15.9. The van der Waals surface area contributed by atoms with E-state index >= 15 is 0 Å². The SMILES string of the molecule is CC(NC(=O)C1CNCCO1)c1ccc(S(N)(=O)=O)cc1. The fraction of sp³-hybridized carbons (Fsp3) is 0.462. The fourth-order valence-corrected chi connectivity index (χ4v) is 2.59. The van der Waals surface area contributed by atoms with Gasteiger partial charge in [0.1, 0.15) is 6.10 Å². The van der Waals surface area contributed by atoms with Crippen LogP contribution in [-0.4, -0.2) is 40.1 Å². The molecule has 1 aromatic rings. The van der Waals surface area contributed by atoms with E-state index in [0.29, 0.717) is 13.2 Å². The molecule has 1 saturated heterocycles. The number of benzene rings is 1. The van der Waals surface area contributed by atoms with Gasteiger partial charge in [0.05, 0.1) is 17.5 Å². The normalized spacial score (nSPS) is 20.8. The number of hydrogen-bond donors (Lipinski definition) is 3. The number of carbonyl (C=O) groups excluding carboxylic acids is 1. The second-order valence-electron chi connectivity index (χ2n) is 4.91. The van der Waals surface area contributed by atoms with Crippen molar-refractivity contribution in [1.29, 1.82) is 0 Å². The molecule has 0 saturated carbocycles. The van der Waals surface area contributed by atoms with Gasteiger partial charge >= 0.3 is 0 Å². The van der Waals surface area contributed by atoms with Gasteiger partial charge in [-0.05, 0) is 24.6 Å². The maximum Gasteiger partial charge on any atom is 0.250 e. The van der Waals surface area contributed by atoms with Crippen molar-refractivity contribution in [2.75, 3.05) is 19.7 Å². The van der Waals surface area contributed by atoms with E-state index in [-0.39, 0.29) is 16.8 Å². The molecule has 4 N–H and O–H groups in total. The third kappa shape index (κ3) is 4.24. The molecule has 0 aromatic heterocycles. The lowest BCUT2D eigenvalue weighted by Crippen LogP contribution is -2.48. The second kappa shape index (κ2) is 6.52. The maximum atomic E-state index is 12.0. The van der Waals surface area contributed by atoms with Crippen molar-refractivity contribution >= 4 is 15.9 Å². The first-order valence-corrected chi connectivity index (χ1v) is 8.18. The molecule has 1 amide bonds. The van der Waals surface area contributed by atoms with Gasteiger partial charge in [-0.3, -0.25) is 4.79 Å². The number of nitrogens with two attached hydrogens (primary N) is 1. The molecular formula is C13H19N3O4S. The monoisotopic (exact) mass is 313 g/mol. The standard InChI is InChI=1S/C13H19N3O4S/c1-9(16-13(17)12-8-15-6-7-20-12)10-2-4-11(5-3-10)21(14,18)19/h2-5,9,12,15H,6-8H2,1H3,(H,16,17)(H2,14,18,19). The Bertz CT molecular complexity index is 594. The van der Waals surface area contributed by atoms with Crippen LogP contribution in [0.2, 0.25) is 0 Å². The van der Waals surface area contributed by atoms with E-state index in [9.17, 15) is 13.2 Å². The van der Waals surface area contributed by atoms with Gasteiger partial charge in [0, 0.05) is 13.1 Å². The Kier molecular flexibility index (Phi) is 4.94. The van der Waals surface area contributed by atoms with Crippen LogP contribution in [0.15, 0.2) is 29.2 Å². The predicted octanol–water partition coefficient (Wildman–Crippen LogP) is -0.500. The van der Waals surface area contributed by atoms with Crippen LogP contribution in [0.1, 0.15) is 18.5 Å². The Morgan fingerprint density at radius 1 is 1.43 bits per heavy atom. The van der Waals surface area contributed by atoms with Gasteiger partial charge in [0.25, 0.3) is 5.91 Å². The molecule has 0 bridgehead atoms. The number of rotatable bonds is 4. The quantitative estimate of drug-likeness (QED) is 0.694. The van der Waals surface area contributed by atoms with Gasteiger partial charge in [0.2, 0.25) is 10.0 Å². The summed E-state index contributed by atoms with van der Waals surface area (Å²) in [7, 11) is -3.70. The Morgan fingerprint density at radius 3 is 2.62 bits per heavy atom. The number of ether oxygens (including phenoxy) is 1. The molecule has 1 aliphatic heterocycles. The molecule has 21 heavy (non-hydrogen) atoms. The lowest BCUT2D eigenvalue weighted by Gasteiger charge is -2.24. The number of carbonyl (C=O) groups is 1. The first-order valence-electron chi connectivity index (χ1n) is 6.63. The van der Waals surface area contributed by atoms with Crippen molar-refractivity contribution in [3.63, 3.8) is 0 Å². The Balaban J connectivity index is 1.99. The molecule has 1 aliphatic rings. The summed E-state index contributed by atoms with van der Waals surface area (Å²) in [5, 5.41) is 11.0. The van der Waals surface area contributed by atoms with Crippen molar-refractivity contribution in [2.24, 2.45) is 5.14 Å². The van der Waals surface area contributed by atoms with Crippen LogP contribution in [0, 0.1) is 0 Å². The minimum absolute atomic E-state index is 0.0459. The van der Waals surface area contributed by atoms with Crippen molar-refractivity contribution in [1.82, 2.24) is 10.6 Å². The number of amides is 1. The topological polar surface area (TPSA) is 111 Å². The first-order chi connectivity index (χ1) is 9.88. The molecule has 0 aliphatic carbocycles. The summed E-state index contributed by atoms with van der Waals surface area (Å²) in [6.45, 7) is 3.56. The highest BCUT2D eigenvalue weighted by atomic mass is 32.2. The molecule has 2 unspecified atom stereocenters. The van der Waals surface area contributed by atoms with Crippen LogP contribution >= 0.6 is 0 Å². The summed E-state index contributed by atoms with van der Waals surface area (Å²) >= 11 is 0. The number of sulfonamides is 1. The number of primary sulfonamides is 1. The molecule has 1 aromatic carbocycles. The van der Waals surface area contributed by atoms with Gasteiger partial charge in [-0.15, -0.1) is 0 Å². The van der Waals surface area contributed by atoms with E-state index < -0.39 is 16.1 Å². The molecule has 8 heteroatoms. The number of morpholine rings is 1. The molecule has 0 radical (unpaired) electrons. The summed E-state index contributed by atoms with van der Waals surface area (Å²) in [6, 6.07) is 5.85. The van der Waals surface area contributed by atoms with E-state index in [2.05, 4.69) is 10.6 Å². The molecule has 116 valence electrons. The smallest absolute Gasteiger partial charge is 0.250 e. The van der Waals surface area contributed by atoms with Crippen LogP contribution in [0.4, 0.5) is 0 Å². The molecule has 2 atom stereocenters. The van der Waals surface area contributed by atoms with Crippen LogP contribution in [-0.2, 0) is 19.6 Å². The summed E-state index contributed by atoms with van der Waals surface area (Å²) in [5.74, 6) is -0.190. The highest BCUT2D eigenvalue weighted by Crippen LogP contribution is 2.15. The largest absolute Gasteiger partial charge is 0.366 e. The van der Waals surface area contributed by atoms with Gasteiger partial charge in [-0.25, -0.2) is 13.6 Å². The zero-order valence-electron chi connectivity index (χ0n) is 11.7. The molecule has 2 rings (SSSR count). The van der Waals surface area contributed by atoms with Gasteiger partial charge in [0.15, 0.2) is 0 Å². The van der Waals surface area contributed by atoms with E-state index in [1.165, 1.54) is 12.1 Å². The molecule has 0 spiro atoms. The Morgan fingerprint density at radius 2 is 2.10 bits per heavy atom. The van der Waals surface area contributed by atoms with E-state index in [1.807, 2.05) is 6.92 Å². The van der Waals surface area contributed by atoms with Crippen molar-refractivity contribution in [2.45, 2.75) is 24.0 Å². The van der Waals surface area contributed by atoms with E-state index in [4.69, 9.17) is 9.88 Å². The van der Waals surface area contributed by atoms with Crippen molar-refractivity contribution < 1.29 is 17.9 Å². The highest BCUT2D eigenvalue weighted by molar-refractivity contribution is 7.89. The van der Waals surface area contributed by atoms with E-state index in [1.54, 1.807) is 12.1 Å². The molecule has 1 heterocycles. The van der Waals surface area contributed by atoms with Crippen molar-refractivity contribution in [3.05, 3.63) is 29.8 Å².